The SMILES string of the molecule is CCc1ccc(N(CCCC(=O)N(Cc2ccccc2)[C@@H](CC)C(=O)NC(C)(C)C)S(C)(=O)=O)cc1. The van der Waals surface area contributed by atoms with Crippen LogP contribution >= 0.6 is 0 Å². The molecule has 198 valence electrons. The zero-order valence-electron chi connectivity index (χ0n) is 22.5. The van der Waals surface area contributed by atoms with Gasteiger partial charge >= 0.3 is 0 Å². The average Bonchev–Trinajstić information content (AvgIpc) is 2.80. The Morgan fingerprint density at radius 2 is 1.56 bits per heavy atom. The summed E-state index contributed by atoms with van der Waals surface area (Å²) >= 11 is 0. The summed E-state index contributed by atoms with van der Waals surface area (Å²) in [4.78, 5) is 28.2. The molecule has 0 aromatic heterocycles. The maximum Gasteiger partial charge on any atom is 0.243 e. The predicted octanol–water partition coefficient (Wildman–Crippen LogP) is 4.52. The van der Waals surface area contributed by atoms with Gasteiger partial charge in [0.25, 0.3) is 0 Å². The van der Waals surface area contributed by atoms with Crippen molar-refractivity contribution in [3.8, 4) is 0 Å². The lowest BCUT2D eigenvalue weighted by molar-refractivity contribution is -0.142. The summed E-state index contributed by atoms with van der Waals surface area (Å²) in [6, 6.07) is 16.4. The van der Waals surface area contributed by atoms with Gasteiger partial charge < -0.3 is 10.2 Å². The molecule has 8 heteroatoms. The Morgan fingerprint density at radius 1 is 0.944 bits per heavy atom. The molecule has 0 heterocycles. The summed E-state index contributed by atoms with van der Waals surface area (Å²) in [6.07, 6.45) is 2.98. The van der Waals surface area contributed by atoms with Crippen molar-refractivity contribution in [3.63, 3.8) is 0 Å². The van der Waals surface area contributed by atoms with Gasteiger partial charge in [0.15, 0.2) is 0 Å². The zero-order chi connectivity index (χ0) is 26.9. The van der Waals surface area contributed by atoms with Gasteiger partial charge in [-0.05, 0) is 63.3 Å². The van der Waals surface area contributed by atoms with Gasteiger partial charge in [0.2, 0.25) is 21.8 Å². The summed E-state index contributed by atoms with van der Waals surface area (Å²) in [5.41, 5.74) is 2.22. The number of anilines is 1. The summed E-state index contributed by atoms with van der Waals surface area (Å²) in [5.74, 6) is -0.368. The molecule has 2 aromatic rings. The third-order valence-corrected chi connectivity index (χ3v) is 7.06. The highest BCUT2D eigenvalue weighted by Gasteiger charge is 2.30. The van der Waals surface area contributed by atoms with Crippen LogP contribution in [-0.2, 0) is 32.6 Å². The number of benzene rings is 2. The van der Waals surface area contributed by atoms with Crippen LogP contribution in [0.1, 0.15) is 65.0 Å². The van der Waals surface area contributed by atoms with E-state index in [4.69, 9.17) is 0 Å². The molecule has 0 saturated heterocycles. The third-order valence-electron chi connectivity index (χ3n) is 5.86. The number of carbonyl (C=O) groups excluding carboxylic acids is 2. The van der Waals surface area contributed by atoms with Gasteiger partial charge in [-0.25, -0.2) is 8.42 Å². The molecular formula is C28H41N3O4S. The standard InChI is InChI=1S/C28H41N3O4S/c1-7-22-16-18-24(19-17-22)31(36(6,34)35)20-12-15-26(32)30(21-23-13-10-9-11-14-23)25(8-2)27(33)29-28(3,4)5/h9-11,13-14,16-19,25H,7-8,12,15,20-21H2,1-6H3,(H,29,33)/t25-/m0/s1. The fourth-order valence-corrected chi connectivity index (χ4v) is 5.02. The Morgan fingerprint density at radius 3 is 2.06 bits per heavy atom. The minimum absolute atomic E-state index is 0.130. The molecule has 0 bridgehead atoms. The van der Waals surface area contributed by atoms with Crippen LogP contribution < -0.4 is 9.62 Å². The lowest BCUT2D eigenvalue weighted by Crippen LogP contribution is -2.53. The normalized spacial score (nSPS) is 12.6. The highest BCUT2D eigenvalue weighted by atomic mass is 32.2. The van der Waals surface area contributed by atoms with Crippen LogP contribution in [0.15, 0.2) is 54.6 Å². The minimum Gasteiger partial charge on any atom is -0.350 e. The second-order valence-corrected chi connectivity index (χ2v) is 12.0. The molecule has 7 nitrogen and oxygen atoms in total. The van der Waals surface area contributed by atoms with E-state index in [1.54, 1.807) is 17.0 Å². The van der Waals surface area contributed by atoms with E-state index in [0.717, 1.165) is 17.5 Å². The van der Waals surface area contributed by atoms with E-state index in [9.17, 15) is 18.0 Å². The van der Waals surface area contributed by atoms with Crippen LogP contribution in [0.4, 0.5) is 5.69 Å². The van der Waals surface area contributed by atoms with Crippen molar-refractivity contribution in [1.29, 1.82) is 0 Å². The van der Waals surface area contributed by atoms with E-state index in [-0.39, 0.29) is 24.8 Å². The number of amides is 2. The Bertz CT molecular complexity index is 1090. The first-order chi connectivity index (χ1) is 16.9. The highest BCUT2D eigenvalue weighted by Crippen LogP contribution is 2.21. The Balaban J connectivity index is 2.20. The van der Waals surface area contributed by atoms with Crippen molar-refractivity contribution in [1.82, 2.24) is 10.2 Å². The molecule has 0 saturated carbocycles. The number of nitrogens with one attached hydrogen (secondary N) is 1. The predicted molar refractivity (Wildman–Crippen MR) is 146 cm³/mol. The topological polar surface area (TPSA) is 86.8 Å². The average molecular weight is 516 g/mol. The third kappa shape index (κ3) is 8.97. The van der Waals surface area contributed by atoms with Crippen LogP contribution in [0.3, 0.4) is 0 Å². The van der Waals surface area contributed by atoms with Crippen LogP contribution in [-0.4, -0.2) is 49.5 Å². The molecule has 2 rings (SSSR count). The number of hydrogen-bond donors (Lipinski definition) is 1. The summed E-state index contributed by atoms with van der Waals surface area (Å²) in [7, 11) is -3.51. The zero-order valence-corrected chi connectivity index (χ0v) is 23.3. The van der Waals surface area contributed by atoms with Crippen molar-refractivity contribution in [2.24, 2.45) is 0 Å². The van der Waals surface area contributed by atoms with E-state index in [0.29, 0.717) is 25.1 Å². The molecule has 0 aliphatic heterocycles. The van der Waals surface area contributed by atoms with Gasteiger partial charge in [-0.2, -0.15) is 0 Å². The number of carbonyl (C=O) groups is 2. The van der Waals surface area contributed by atoms with Crippen molar-refractivity contribution in [2.75, 3.05) is 17.1 Å². The number of aryl methyl sites for hydroxylation is 1. The van der Waals surface area contributed by atoms with E-state index in [2.05, 4.69) is 5.32 Å². The van der Waals surface area contributed by atoms with E-state index in [1.165, 1.54) is 10.6 Å². The van der Waals surface area contributed by atoms with Gasteiger partial charge in [0, 0.05) is 25.0 Å². The van der Waals surface area contributed by atoms with Crippen molar-refractivity contribution < 1.29 is 18.0 Å². The number of hydrogen-bond acceptors (Lipinski definition) is 4. The summed E-state index contributed by atoms with van der Waals surface area (Å²) < 4.78 is 26.3. The second kappa shape index (κ2) is 12.9. The van der Waals surface area contributed by atoms with Gasteiger partial charge in [0.05, 0.1) is 11.9 Å². The van der Waals surface area contributed by atoms with Gasteiger partial charge in [0.1, 0.15) is 6.04 Å². The molecule has 0 unspecified atom stereocenters. The van der Waals surface area contributed by atoms with Crippen molar-refractivity contribution in [2.45, 2.75) is 78.4 Å². The van der Waals surface area contributed by atoms with Crippen LogP contribution in [0.5, 0.6) is 0 Å². The van der Waals surface area contributed by atoms with Gasteiger partial charge in [-0.1, -0.05) is 56.3 Å². The van der Waals surface area contributed by atoms with Gasteiger partial charge in [-0.15, -0.1) is 0 Å². The molecule has 0 spiro atoms. The van der Waals surface area contributed by atoms with Crippen LogP contribution in [0.25, 0.3) is 0 Å². The molecule has 0 aliphatic carbocycles. The van der Waals surface area contributed by atoms with Crippen LogP contribution in [0, 0.1) is 0 Å². The summed E-state index contributed by atoms with van der Waals surface area (Å²) in [5, 5.41) is 3.00. The molecule has 36 heavy (non-hydrogen) atoms. The van der Waals surface area contributed by atoms with E-state index in [1.807, 2.05) is 77.1 Å². The molecule has 0 aliphatic rings. The summed E-state index contributed by atoms with van der Waals surface area (Å²) in [6.45, 7) is 10.2. The molecule has 1 atom stereocenters. The smallest absolute Gasteiger partial charge is 0.243 e. The molecule has 2 amide bonds. The molecule has 0 radical (unpaired) electrons. The maximum absolute atomic E-state index is 13.4. The first-order valence-electron chi connectivity index (χ1n) is 12.6. The van der Waals surface area contributed by atoms with E-state index < -0.39 is 21.6 Å². The second-order valence-electron chi connectivity index (χ2n) is 10.1. The Labute approximate surface area is 216 Å². The lowest BCUT2D eigenvalue weighted by atomic mass is 10.0. The van der Waals surface area contributed by atoms with Crippen molar-refractivity contribution >= 4 is 27.5 Å². The van der Waals surface area contributed by atoms with Crippen LogP contribution in [0.2, 0.25) is 0 Å². The highest BCUT2D eigenvalue weighted by molar-refractivity contribution is 7.92. The largest absolute Gasteiger partial charge is 0.350 e. The molecule has 1 N–H and O–H groups in total. The fraction of sp³-hybridized carbons (Fsp3) is 0.500. The fourth-order valence-electron chi connectivity index (χ4n) is 4.05. The number of rotatable bonds is 12. The molecule has 0 fully saturated rings. The number of sulfonamides is 1. The maximum atomic E-state index is 13.4. The first-order valence-corrected chi connectivity index (χ1v) is 14.4. The molecule has 2 aromatic carbocycles. The minimum atomic E-state index is -3.51. The Hall–Kier alpha value is -2.87. The van der Waals surface area contributed by atoms with Gasteiger partial charge in [-0.3, -0.25) is 13.9 Å². The monoisotopic (exact) mass is 515 g/mol. The lowest BCUT2D eigenvalue weighted by Gasteiger charge is -2.33. The quantitative estimate of drug-likeness (QED) is 0.450. The Kier molecular flexibility index (Phi) is 10.5. The van der Waals surface area contributed by atoms with E-state index >= 15 is 0 Å². The number of nitrogens with zero attached hydrogens (tertiary/aromatic N) is 2. The molecular weight excluding hydrogens is 474 g/mol. The first kappa shape index (κ1) is 29.4. The van der Waals surface area contributed by atoms with Crippen molar-refractivity contribution in [3.05, 3.63) is 65.7 Å².